The Balaban J connectivity index is 1.82. The Hall–Kier alpha value is -3.64. The Morgan fingerprint density at radius 2 is 1.94 bits per heavy atom. The van der Waals surface area contributed by atoms with E-state index in [2.05, 4.69) is 5.32 Å². The van der Waals surface area contributed by atoms with Gasteiger partial charge in [0.15, 0.2) is 6.61 Å². The first-order valence-corrected chi connectivity index (χ1v) is 9.92. The van der Waals surface area contributed by atoms with Gasteiger partial charge in [-0.25, -0.2) is 0 Å². The fraction of sp³-hybridized carbons (Fsp3) is 0.450. The van der Waals surface area contributed by atoms with Crippen molar-refractivity contribution in [3.8, 4) is 5.75 Å². The Bertz CT molecular complexity index is 926. The smallest absolute Gasteiger partial charge is 0.454 e. The predicted octanol–water partition coefficient (Wildman–Crippen LogP) is 2.83. The number of allylic oxidation sites excluding steroid dienone is 1. The first kappa shape index (κ1) is 25.6. The lowest BCUT2D eigenvalue weighted by atomic mass is 9.97. The fourth-order valence-corrected chi connectivity index (χ4v) is 3.02. The molecule has 1 N–H and O–H groups in total. The van der Waals surface area contributed by atoms with Crippen LogP contribution in [0.25, 0.3) is 0 Å². The minimum atomic E-state index is -4.94. The Morgan fingerprint density at radius 1 is 1.27 bits per heavy atom. The number of ketones is 1. The zero-order chi connectivity index (χ0) is 24.6. The summed E-state index contributed by atoms with van der Waals surface area (Å²) >= 11 is 0. The number of nitrogens with one attached hydrogen (secondary N) is 1. The van der Waals surface area contributed by atoms with Crippen molar-refractivity contribution < 1.29 is 42.0 Å². The molecule has 0 bridgehead atoms. The number of nitro groups is 1. The molecule has 13 heteroatoms. The van der Waals surface area contributed by atoms with Crippen molar-refractivity contribution in [3.05, 3.63) is 40.6 Å². The molecule has 180 valence electrons. The van der Waals surface area contributed by atoms with Gasteiger partial charge in [-0.2, -0.15) is 13.2 Å². The van der Waals surface area contributed by atoms with Crippen LogP contribution in [0.15, 0.2) is 30.5 Å². The number of halogens is 3. The van der Waals surface area contributed by atoms with Crippen LogP contribution in [0.2, 0.25) is 0 Å². The quantitative estimate of drug-likeness (QED) is 0.251. The zero-order valence-electron chi connectivity index (χ0n) is 17.6. The highest BCUT2D eigenvalue weighted by Gasteiger charge is 2.36. The second-order valence-electron chi connectivity index (χ2n) is 7.01. The van der Waals surface area contributed by atoms with Gasteiger partial charge in [-0.3, -0.25) is 24.5 Å². The standard InChI is InChI=1S/C20H22F3N3O7/c1-2-32-14-3-4-15(16(11-14)26(30)31)24-18(28)12-33-19(29)13-5-8-25(9-6-13)10-7-17(27)20(21,22)23/h3-4,7,10-11,13H,2,5-6,8-9,12H2,1H3,(H,24,28). The number of benzene rings is 1. The highest BCUT2D eigenvalue weighted by molar-refractivity contribution is 5.95. The monoisotopic (exact) mass is 473 g/mol. The number of hydrogen-bond acceptors (Lipinski definition) is 8. The summed E-state index contributed by atoms with van der Waals surface area (Å²) in [5.41, 5.74) is -0.469. The van der Waals surface area contributed by atoms with Gasteiger partial charge >= 0.3 is 12.1 Å². The van der Waals surface area contributed by atoms with Crippen LogP contribution in [-0.4, -0.2) is 60.0 Å². The molecule has 0 saturated carbocycles. The normalized spacial score (nSPS) is 14.7. The average molecular weight is 473 g/mol. The van der Waals surface area contributed by atoms with Crippen LogP contribution >= 0.6 is 0 Å². The van der Waals surface area contributed by atoms with Crippen molar-refractivity contribution in [2.45, 2.75) is 25.9 Å². The van der Waals surface area contributed by atoms with Crippen molar-refractivity contribution in [2.24, 2.45) is 5.92 Å². The molecule has 0 aliphatic carbocycles. The van der Waals surface area contributed by atoms with Crippen molar-refractivity contribution in [3.63, 3.8) is 0 Å². The van der Waals surface area contributed by atoms with E-state index in [-0.39, 0.29) is 43.1 Å². The molecule has 33 heavy (non-hydrogen) atoms. The summed E-state index contributed by atoms with van der Waals surface area (Å²) < 4.78 is 46.8. The highest BCUT2D eigenvalue weighted by atomic mass is 19.4. The molecule has 0 unspecified atom stereocenters. The third kappa shape index (κ3) is 7.77. The number of rotatable bonds is 9. The summed E-state index contributed by atoms with van der Waals surface area (Å²) in [5.74, 6) is -3.72. The van der Waals surface area contributed by atoms with Crippen molar-refractivity contribution in [1.29, 1.82) is 0 Å². The molecule has 1 fully saturated rings. The molecule has 1 saturated heterocycles. The van der Waals surface area contributed by atoms with E-state index in [4.69, 9.17) is 9.47 Å². The van der Waals surface area contributed by atoms with Gasteiger partial charge in [-0.1, -0.05) is 0 Å². The van der Waals surface area contributed by atoms with Crippen LogP contribution < -0.4 is 10.1 Å². The number of hydrogen-bond donors (Lipinski definition) is 1. The van der Waals surface area contributed by atoms with Crippen molar-refractivity contribution in [2.75, 3.05) is 31.6 Å². The van der Waals surface area contributed by atoms with E-state index >= 15 is 0 Å². The molecule has 1 aliphatic rings. The minimum Gasteiger partial charge on any atom is -0.494 e. The highest BCUT2D eigenvalue weighted by Crippen LogP contribution is 2.29. The fourth-order valence-electron chi connectivity index (χ4n) is 3.02. The number of nitrogens with zero attached hydrogens (tertiary/aromatic N) is 2. The van der Waals surface area contributed by atoms with Crippen LogP contribution in [0.3, 0.4) is 0 Å². The van der Waals surface area contributed by atoms with Gasteiger partial charge in [0, 0.05) is 25.4 Å². The van der Waals surface area contributed by atoms with Gasteiger partial charge in [0.2, 0.25) is 0 Å². The van der Waals surface area contributed by atoms with E-state index in [1.807, 2.05) is 0 Å². The van der Waals surface area contributed by atoms with Crippen LogP contribution in [-0.2, 0) is 19.1 Å². The molecule has 10 nitrogen and oxygen atoms in total. The molecule has 1 aromatic carbocycles. The number of piperidine rings is 1. The molecule has 0 aromatic heterocycles. The van der Waals surface area contributed by atoms with E-state index in [0.717, 1.165) is 12.3 Å². The van der Waals surface area contributed by atoms with E-state index in [1.54, 1.807) is 6.92 Å². The summed E-state index contributed by atoms with van der Waals surface area (Å²) in [6.07, 6.45) is -2.95. The number of alkyl halides is 3. The van der Waals surface area contributed by atoms with Crippen LogP contribution in [0.1, 0.15) is 19.8 Å². The SMILES string of the molecule is CCOc1ccc(NC(=O)COC(=O)C2CCN(C=CC(=O)C(F)(F)F)CC2)c([N+](=O)[O-])c1. The van der Waals surface area contributed by atoms with Gasteiger partial charge in [-0.15, -0.1) is 0 Å². The number of esters is 1. The lowest BCUT2D eigenvalue weighted by molar-refractivity contribution is -0.384. The van der Waals surface area contributed by atoms with Gasteiger partial charge in [-0.05, 0) is 31.9 Å². The maximum atomic E-state index is 12.2. The number of nitro benzene ring substituents is 1. The van der Waals surface area contributed by atoms with Crippen molar-refractivity contribution in [1.82, 2.24) is 4.90 Å². The molecule has 0 atom stereocenters. The molecule has 0 spiro atoms. The number of ether oxygens (including phenoxy) is 2. The zero-order valence-corrected chi connectivity index (χ0v) is 17.6. The van der Waals surface area contributed by atoms with Gasteiger partial charge in [0.05, 0.1) is 23.5 Å². The number of amides is 1. The maximum absolute atomic E-state index is 12.2. The van der Waals surface area contributed by atoms with Gasteiger partial charge in [0.1, 0.15) is 11.4 Å². The second kappa shape index (κ2) is 11.3. The summed E-state index contributed by atoms with van der Waals surface area (Å²) in [6, 6.07) is 3.91. The molecule has 1 amide bonds. The first-order valence-electron chi connectivity index (χ1n) is 9.92. The molecule has 1 heterocycles. The second-order valence-corrected chi connectivity index (χ2v) is 7.01. The van der Waals surface area contributed by atoms with Gasteiger partial charge < -0.3 is 19.7 Å². The van der Waals surface area contributed by atoms with Crippen LogP contribution in [0.4, 0.5) is 24.5 Å². The summed E-state index contributed by atoms with van der Waals surface area (Å²) in [5, 5.41) is 13.5. The summed E-state index contributed by atoms with van der Waals surface area (Å²) in [7, 11) is 0. The maximum Gasteiger partial charge on any atom is 0.454 e. The lowest BCUT2D eigenvalue weighted by Crippen LogP contribution is -2.35. The first-order chi connectivity index (χ1) is 15.5. The largest absolute Gasteiger partial charge is 0.494 e. The number of carbonyl (C=O) groups excluding carboxylic acids is 3. The number of anilines is 1. The van der Waals surface area contributed by atoms with Crippen molar-refractivity contribution >= 4 is 29.0 Å². The third-order valence-electron chi connectivity index (χ3n) is 4.68. The predicted molar refractivity (Wildman–Crippen MR) is 108 cm³/mol. The molecule has 2 rings (SSSR count). The Morgan fingerprint density at radius 3 is 2.52 bits per heavy atom. The average Bonchev–Trinajstić information content (AvgIpc) is 2.76. The summed E-state index contributed by atoms with van der Waals surface area (Å²) in [4.78, 5) is 47.2. The van der Waals surface area contributed by atoms with Gasteiger partial charge in [0.25, 0.3) is 17.4 Å². The lowest BCUT2D eigenvalue weighted by Gasteiger charge is -2.29. The number of likely N-dealkylation sites (tertiary alicyclic amines) is 1. The van der Waals surface area contributed by atoms with E-state index in [9.17, 15) is 37.7 Å². The third-order valence-corrected chi connectivity index (χ3v) is 4.68. The van der Waals surface area contributed by atoms with E-state index in [1.165, 1.54) is 17.0 Å². The summed E-state index contributed by atoms with van der Waals surface area (Å²) in [6.45, 7) is 1.81. The van der Waals surface area contributed by atoms with E-state index < -0.39 is 41.3 Å². The molecular formula is C20H22F3N3O7. The number of carbonyl (C=O) groups is 3. The topological polar surface area (TPSA) is 128 Å². The Labute approximate surface area is 186 Å². The molecule has 1 aliphatic heterocycles. The van der Waals surface area contributed by atoms with E-state index in [0.29, 0.717) is 12.7 Å². The molecule has 1 aromatic rings. The Kier molecular flexibility index (Phi) is 8.77. The molecular weight excluding hydrogens is 451 g/mol. The van der Waals surface area contributed by atoms with Crippen LogP contribution in [0.5, 0.6) is 5.75 Å². The molecule has 0 radical (unpaired) electrons. The minimum absolute atomic E-state index is 0.0852. The van der Waals surface area contributed by atoms with Crippen LogP contribution in [0, 0.1) is 16.0 Å².